The van der Waals surface area contributed by atoms with Crippen molar-refractivity contribution in [1.29, 1.82) is 0 Å². The second kappa shape index (κ2) is 62.7. The van der Waals surface area contributed by atoms with Crippen molar-refractivity contribution in [2.75, 3.05) is 26.4 Å². The van der Waals surface area contributed by atoms with Crippen LogP contribution >= 0.6 is 0 Å². The molecule has 8 unspecified atom stereocenters. The number of unbranched alkanes of at least 4 members (excludes halogenated alkanes) is 29. The van der Waals surface area contributed by atoms with Crippen LogP contribution in [0.15, 0.2) is 0 Å². The highest BCUT2D eigenvalue weighted by Gasteiger charge is 2.51. The molecule has 0 saturated carbocycles. The van der Waals surface area contributed by atoms with Gasteiger partial charge in [0.1, 0.15) is 0 Å². The summed E-state index contributed by atoms with van der Waals surface area (Å²) in [4.78, 5) is 103. The summed E-state index contributed by atoms with van der Waals surface area (Å²) >= 11 is 0. The van der Waals surface area contributed by atoms with Crippen LogP contribution in [0.2, 0.25) is 155 Å². The van der Waals surface area contributed by atoms with E-state index in [-0.39, 0.29) is 77.8 Å². The highest BCUT2D eigenvalue weighted by Crippen LogP contribution is 2.37. The summed E-state index contributed by atoms with van der Waals surface area (Å²) in [6.45, 7) is 46.1. The van der Waals surface area contributed by atoms with Gasteiger partial charge in [-0.2, -0.15) is 0 Å². The van der Waals surface area contributed by atoms with Gasteiger partial charge in [0, 0.05) is 0 Å². The number of hydrogen-bond acceptors (Lipinski definition) is 20. The first-order chi connectivity index (χ1) is 55.8. The van der Waals surface area contributed by atoms with E-state index in [1.165, 1.54) is 128 Å². The topological polar surface area (TPSA) is 328 Å². The first kappa shape index (κ1) is 118. The molecule has 8 atom stereocenters. The Bertz CT molecular complexity index is 2820. The van der Waals surface area contributed by atoms with E-state index in [1.54, 1.807) is 0 Å². The predicted molar refractivity (Wildman–Crippen MR) is 506 cm³/mol. The molecule has 0 saturated heterocycles. The van der Waals surface area contributed by atoms with Crippen LogP contribution in [0.3, 0.4) is 0 Å². The van der Waals surface area contributed by atoms with E-state index in [9.17, 15) is 58.8 Å². The molecule has 120 heavy (non-hydrogen) atoms. The van der Waals surface area contributed by atoms with Crippen LogP contribution in [-0.2, 0) is 90.2 Å². The molecule has 0 spiro atoms. The Morgan fingerprint density at radius 1 is 0.233 bits per heavy atom. The van der Waals surface area contributed by atoms with Crippen molar-refractivity contribution in [2.45, 2.75) is 451 Å². The molecular formula is C86H178O24Si10. The molecule has 0 aromatic heterocycles. The van der Waals surface area contributed by atoms with Crippen molar-refractivity contribution < 1.29 is 111 Å². The van der Waals surface area contributed by atoms with Gasteiger partial charge in [0.15, 0.2) is 33.3 Å². The SMILES string of the molecule is CCCCCCCCCCCCCCCCOC(=O)CC(CCC[Si](C)(O[Si](C)(C)C)O[Si](C)(CCCC(CC(=O)OCCCCCCOC(=O)CC(CCC[Si](C)(O[Si](C)(C)O[Si](C)(C)C)O[Si](C)(CCCC(CC(=O)O)C(=O)OCCCCCCCCCCCCCCCC)O[Si](C)(C)C)C(=O)O)C(=O)O)O[Si](C)(C)O[Si](C)(C)C)C(=O)O. The summed E-state index contributed by atoms with van der Waals surface area (Å²) in [6, 6.07) is 1.64. The van der Waals surface area contributed by atoms with E-state index in [1.807, 2.05) is 52.4 Å². The average molecular weight is 1880 g/mol. The quantitative estimate of drug-likeness (QED) is 0.0190. The lowest BCUT2D eigenvalue weighted by Crippen LogP contribution is -2.60. The van der Waals surface area contributed by atoms with Crippen LogP contribution in [0, 0.1) is 23.7 Å². The summed E-state index contributed by atoms with van der Waals surface area (Å²) in [5, 5.41) is 41.1. The molecule has 0 aliphatic rings. The fourth-order valence-electron chi connectivity index (χ4n) is 16.2. The molecule has 24 nitrogen and oxygen atoms in total. The van der Waals surface area contributed by atoms with Gasteiger partial charge < -0.3 is 72.3 Å². The maximum Gasteiger partial charge on any atom is 0.317 e. The van der Waals surface area contributed by atoms with Gasteiger partial charge in [-0.3, -0.25) is 38.4 Å². The molecule has 0 fully saturated rings. The Balaban J connectivity index is 5.74. The molecule has 0 radical (unpaired) electrons. The normalized spacial score (nSPS) is 15.6. The minimum atomic E-state index is -3.30. The van der Waals surface area contributed by atoms with Crippen LogP contribution in [0.5, 0.6) is 0 Å². The number of esters is 4. The Morgan fingerprint density at radius 3 is 0.658 bits per heavy atom. The fourth-order valence-corrected chi connectivity index (χ4v) is 63.9. The molecule has 0 rings (SSSR count). The Morgan fingerprint density at radius 2 is 0.442 bits per heavy atom. The van der Waals surface area contributed by atoms with E-state index >= 15 is 0 Å². The lowest BCUT2D eigenvalue weighted by Gasteiger charge is -2.44. The van der Waals surface area contributed by atoms with Crippen molar-refractivity contribution in [1.82, 2.24) is 0 Å². The number of aliphatic carboxylic acids is 4. The van der Waals surface area contributed by atoms with Crippen LogP contribution in [0.4, 0.5) is 0 Å². The third-order valence-electron chi connectivity index (χ3n) is 20.8. The second-order valence-electron chi connectivity index (χ2n) is 39.6. The first-order valence-electron chi connectivity index (χ1n) is 46.9. The number of hydrogen-bond donors (Lipinski definition) is 4. The maximum absolute atomic E-state index is 13.5. The predicted octanol–water partition coefficient (Wildman–Crippen LogP) is 24.3. The largest absolute Gasteiger partial charge is 0.481 e. The summed E-state index contributed by atoms with van der Waals surface area (Å²) in [5.41, 5.74) is 0. The van der Waals surface area contributed by atoms with Crippen LogP contribution in [-0.4, -0.2) is 179 Å². The highest BCUT2D eigenvalue weighted by molar-refractivity contribution is 6.92. The van der Waals surface area contributed by atoms with Gasteiger partial charge in [-0.05, 0) is 219 Å². The second-order valence-corrected chi connectivity index (χ2v) is 79.7. The number of ether oxygens (including phenoxy) is 4. The molecule has 0 aromatic rings. The molecule has 34 heteroatoms. The number of carboxylic acids is 4. The summed E-state index contributed by atoms with van der Waals surface area (Å²) in [7, 11) is -27.5. The van der Waals surface area contributed by atoms with Crippen LogP contribution in [0.25, 0.3) is 0 Å². The van der Waals surface area contributed by atoms with E-state index in [0.29, 0.717) is 75.5 Å². The molecule has 0 heterocycles. The van der Waals surface area contributed by atoms with Gasteiger partial charge in [0.25, 0.3) is 0 Å². The number of rotatable bonds is 81. The van der Waals surface area contributed by atoms with Gasteiger partial charge in [-0.25, -0.2) is 0 Å². The lowest BCUT2D eigenvalue weighted by molar-refractivity contribution is -0.153. The zero-order valence-corrected chi connectivity index (χ0v) is 90.0. The van der Waals surface area contributed by atoms with Crippen molar-refractivity contribution in [2.24, 2.45) is 23.7 Å². The summed E-state index contributed by atoms with van der Waals surface area (Å²) in [6.07, 6.45) is 37.3. The molecule has 0 amide bonds. The lowest BCUT2D eigenvalue weighted by atomic mass is 10.00. The number of carbonyl (C=O) groups is 8. The Hall–Kier alpha value is -2.39. The van der Waals surface area contributed by atoms with E-state index in [0.717, 1.165) is 51.4 Å². The molecule has 0 aliphatic heterocycles. The van der Waals surface area contributed by atoms with Crippen molar-refractivity contribution in [3.8, 4) is 0 Å². The van der Waals surface area contributed by atoms with Gasteiger partial charge in [-0.15, -0.1) is 0 Å². The Labute approximate surface area is 739 Å². The van der Waals surface area contributed by atoms with E-state index < -0.39 is 156 Å². The molecule has 0 aromatic carbocycles. The number of carbonyl (C=O) groups excluding carboxylic acids is 4. The summed E-state index contributed by atoms with van der Waals surface area (Å²) < 4.78 is 78.4. The van der Waals surface area contributed by atoms with Gasteiger partial charge >= 0.3 is 99.1 Å². The van der Waals surface area contributed by atoms with Crippen LogP contribution in [0.1, 0.15) is 296 Å². The molecule has 0 aliphatic carbocycles. The minimum Gasteiger partial charge on any atom is -0.481 e. The summed E-state index contributed by atoms with van der Waals surface area (Å²) in [5.74, 6) is -10.5. The van der Waals surface area contributed by atoms with Gasteiger partial charge in [-0.1, -0.05) is 206 Å². The van der Waals surface area contributed by atoms with Crippen LogP contribution < -0.4 is 0 Å². The smallest absolute Gasteiger partial charge is 0.317 e. The molecular weight excluding hydrogens is 1700 g/mol. The van der Waals surface area contributed by atoms with Crippen molar-refractivity contribution in [3.63, 3.8) is 0 Å². The fraction of sp³-hybridized carbons (Fsp3) is 0.907. The van der Waals surface area contributed by atoms with Crippen molar-refractivity contribution >= 4 is 132 Å². The molecule has 4 N–H and O–H groups in total. The zero-order chi connectivity index (χ0) is 91.2. The number of carboxylic acid groups (broad SMARTS) is 4. The average Bonchev–Trinajstić information content (AvgIpc) is 0.804. The van der Waals surface area contributed by atoms with Gasteiger partial charge in [0.2, 0.25) is 0 Å². The van der Waals surface area contributed by atoms with Gasteiger partial charge in [0.05, 0.1) is 75.8 Å². The molecule has 706 valence electrons. The first-order valence-corrected chi connectivity index (χ1v) is 76.3. The van der Waals surface area contributed by atoms with E-state index in [2.05, 4.69) is 92.4 Å². The zero-order valence-electron chi connectivity index (χ0n) is 80.0. The third-order valence-corrected chi connectivity index (χ3v) is 57.3. The van der Waals surface area contributed by atoms with Crippen molar-refractivity contribution in [3.05, 3.63) is 0 Å². The third kappa shape index (κ3) is 66.9. The monoisotopic (exact) mass is 1880 g/mol. The highest BCUT2D eigenvalue weighted by atomic mass is 28.5. The standard InChI is InChI=1S/C86H178O24Si10/c1-23-25-27-29-31-33-35-37-39-41-43-45-47-51-63-99-80(89)72-75(83(92)93)59-55-67-117(19,105-113(9,10)11)109-119(21,107-115(15,16)103-111(3,4)5)69-56-60-76(84(94)95)73-81(90)100-64-52-49-50-53-65-101-82(91)74-77(85(96)97)61-57-70-120(22,108-116(17,18)104-112(6,7)8)110-118(20,106-114(12,13)14)68-58-62-78(71-79(87)88)86(98)102-66-54-48-46-44-42-40-38-36-34-32-30-28-26-24-2/h75-78H,23-74H2,1-22H3,(H,87,88)(H,92,93)(H,94,95)(H,96,97). The Kier molecular flexibility index (Phi) is 61.5. The maximum atomic E-state index is 13.5. The molecule has 0 bridgehead atoms. The van der Waals surface area contributed by atoms with E-state index in [4.69, 9.17) is 51.9 Å². The minimum absolute atomic E-state index is 0.0638.